The predicted molar refractivity (Wildman–Crippen MR) is 128 cm³/mol. The van der Waals surface area contributed by atoms with Crippen molar-refractivity contribution in [1.82, 2.24) is 16.0 Å². The standard InChI is InChI=1S/C25H39N3O5/c1-16(2)12-19(15-29)26-23(30)21(13-17(3)4)27-24(31)22(14-18(5)6)28-25(32)33-20-10-8-7-9-11-20/h7-11,15-19,21-22H,12-14H2,1-6H3,(H,26,30)(H,27,31)(H,28,32)/t19-,21-,22-/m0/s1. The predicted octanol–water partition coefficient (Wildman–Crippen LogP) is 3.45. The van der Waals surface area contributed by atoms with Gasteiger partial charge in [0, 0.05) is 0 Å². The van der Waals surface area contributed by atoms with E-state index in [1.807, 2.05) is 41.5 Å². The molecular formula is C25H39N3O5. The number of ether oxygens (including phenoxy) is 1. The molecule has 0 radical (unpaired) electrons. The molecule has 0 aliphatic heterocycles. The second kappa shape index (κ2) is 14.3. The Morgan fingerprint density at radius 1 is 0.758 bits per heavy atom. The molecule has 0 saturated heterocycles. The lowest BCUT2D eigenvalue weighted by molar-refractivity contribution is -0.131. The molecule has 3 atom stereocenters. The number of aldehydes is 1. The minimum Gasteiger partial charge on any atom is -0.410 e. The molecule has 184 valence electrons. The molecule has 0 spiro atoms. The first-order valence-electron chi connectivity index (χ1n) is 11.6. The van der Waals surface area contributed by atoms with Crippen LogP contribution in [0.1, 0.15) is 60.8 Å². The van der Waals surface area contributed by atoms with Gasteiger partial charge < -0.3 is 25.5 Å². The monoisotopic (exact) mass is 461 g/mol. The number of carbonyl (C=O) groups is 4. The molecule has 8 heteroatoms. The van der Waals surface area contributed by atoms with Crippen LogP contribution >= 0.6 is 0 Å². The van der Waals surface area contributed by atoms with Crippen LogP contribution in [0.3, 0.4) is 0 Å². The van der Waals surface area contributed by atoms with E-state index in [1.54, 1.807) is 30.3 Å². The minimum absolute atomic E-state index is 0.112. The summed E-state index contributed by atoms with van der Waals surface area (Å²) in [6, 6.07) is 6.24. The van der Waals surface area contributed by atoms with E-state index in [1.165, 1.54) is 0 Å². The maximum Gasteiger partial charge on any atom is 0.413 e. The lowest BCUT2D eigenvalue weighted by atomic mass is 9.99. The Morgan fingerprint density at radius 3 is 1.73 bits per heavy atom. The van der Waals surface area contributed by atoms with Gasteiger partial charge in [0.1, 0.15) is 24.1 Å². The van der Waals surface area contributed by atoms with E-state index < -0.39 is 36.0 Å². The summed E-state index contributed by atoms with van der Waals surface area (Å²) < 4.78 is 5.25. The van der Waals surface area contributed by atoms with Crippen LogP contribution in [0, 0.1) is 17.8 Å². The summed E-state index contributed by atoms with van der Waals surface area (Å²) in [6.07, 6.45) is 1.25. The zero-order valence-electron chi connectivity index (χ0n) is 20.6. The van der Waals surface area contributed by atoms with Crippen LogP contribution in [0.15, 0.2) is 30.3 Å². The van der Waals surface area contributed by atoms with Gasteiger partial charge in [-0.3, -0.25) is 9.59 Å². The van der Waals surface area contributed by atoms with Gasteiger partial charge in [0.05, 0.1) is 6.04 Å². The molecule has 0 unspecified atom stereocenters. The van der Waals surface area contributed by atoms with Crippen LogP contribution in [0.5, 0.6) is 5.75 Å². The maximum absolute atomic E-state index is 13.1. The highest BCUT2D eigenvalue weighted by Gasteiger charge is 2.29. The van der Waals surface area contributed by atoms with Crippen molar-refractivity contribution >= 4 is 24.2 Å². The number of para-hydroxylation sites is 1. The topological polar surface area (TPSA) is 114 Å². The quantitative estimate of drug-likeness (QED) is 0.389. The Hall–Kier alpha value is -2.90. The highest BCUT2D eigenvalue weighted by Crippen LogP contribution is 2.12. The smallest absolute Gasteiger partial charge is 0.410 e. The molecule has 0 saturated carbocycles. The third-order valence-corrected chi connectivity index (χ3v) is 4.83. The van der Waals surface area contributed by atoms with Crippen molar-refractivity contribution in [3.8, 4) is 5.75 Å². The zero-order valence-corrected chi connectivity index (χ0v) is 20.6. The number of rotatable bonds is 13. The van der Waals surface area contributed by atoms with Crippen LogP contribution in [0.2, 0.25) is 0 Å². The fraction of sp³-hybridized carbons (Fsp3) is 0.600. The Balaban J connectivity index is 2.90. The highest BCUT2D eigenvalue weighted by atomic mass is 16.6. The molecule has 33 heavy (non-hydrogen) atoms. The molecular weight excluding hydrogens is 422 g/mol. The number of carbonyl (C=O) groups excluding carboxylic acids is 4. The van der Waals surface area contributed by atoms with E-state index in [2.05, 4.69) is 16.0 Å². The van der Waals surface area contributed by atoms with E-state index in [-0.39, 0.29) is 17.8 Å². The first-order chi connectivity index (χ1) is 15.5. The van der Waals surface area contributed by atoms with Gasteiger partial charge in [-0.1, -0.05) is 59.7 Å². The van der Waals surface area contributed by atoms with Crippen LogP contribution < -0.4 is 20.7 Å². The molecule has 0 bridgehead atoms. The molecule has 8 nitrogen and oxygen atoms in total. The summed E-state index contributed by atoms with van der Waals surface area (Å²) in [6.45, 7) is 11.7. The second-order valence-corrected chi connectivity index (χ2v) is 9.60. The minimum atomic E-state index is -0.874. The molecule has 0 fully saturated rings. The molecule has 0 heterocycles. The summed E-state index contributed by atoms with van der Waals surface area (Å²) in [7, 11) is 0. The largest absolute Gasteiger partial charge is 0.413 e. The van der Waals surface area contributed by atoms with Gasteiger partial charge in [-0.05, 0) is 49.1 Å². The van der Waals surface area contributed by atoms with Crippen molar-refractivity contribution in [3.05, 3.63) is 30.3 Å². The summed E-state index contributed by atoms with van der Waals surface area (Å²) in [5.74, 6) is -0.0540. The molecule has 1 aromatic carbocycles. The number of hydrogen-bond donors (Lipinski definition) is 3. The van der Waals surface area contributed by atoms with Gasteiger partial charge >= 0.3 is 6.09 Å². The first-order valence-corrected chi connectivity index (χ1v) is 11.6. The van der Waals surface area contributed by atoms with Crippen molar-refractivity contribution < 1.29 is 23.9 Å². The fourth-order valence-corrected chi connectivity index (χ4v) is 3.39. The van der Waals surface area contributed by atoms with E-state index in [0.29, 0.717) is 25.0 Å². The Labute approximate surface area is 197 Å². The fourth-order valence-electron chi connectivity index (χ4n) is 3.39. The van der Waals surface area contributed by atoms with E-state index >= 15 is 0 Å². The van der Waals surface area contributed by atoms with Crippen LogP contribution in [-0.2, 0) is 14.4 Å². The van der Waals surface area contributed by atoms with E-state index in [9.17, 15) is 19.2 Å². The molecule has 0 aliphatic rings. The number of amides is 3. The third-order valence-electron chi connectivity index (χ3n) is 4.83. The number of benzene rings is 1. The average molecular weight is 462 g/mol. The lowest BCUT2D eigenvalue weighted by Gasteiger charge is -2.26. The van der Waals surface area contributed by atoms with Crippen molar-refractivity contribution in [2.45, 2.75) is 78.9 Å². The lowest BCUT2D eigenvalue weighted by Crippen LogP contribution is -2.56. The van der Waals surface area contributed by atoms with Crippen LogP contribution in [0.25, 0.3) is 0 Å². The summed E-state index contributed by atoms with van der Waals surface area (Å²) in [4.78, 5) is 49.7. The maximum atomic E-state index is 13.1. The van der Waals surface area contributed by atoms with Crippen LogP contribution in [0.4, 0.5) is 4.79 Å². The zero-order chi connectivity index (χ0) is 25.0. The van der Waals surface area contributed by atoms with Gasteiger partial charge in [-0.15, -0.1) is 0 Å². The van der Waals surface area contributed by atoms with Gasteiger partial charge in [-0.25, -0.2) is 4.79 Å². The third kappa shape index (κ3) is 11.5. The first kappa shape index (κ1) is 28.1. The summed E-state index contributed by atoms with van der Waals surface area (Å²) >= 11 is 0. The van der Waals surface area contributed by atoms with Crippen LogP contribution in [-0.4, -0.2) is 42.3 Å². The van der Waals surface area contributed by atoms with E-state index in [0.717, 1.165) is 6.29 Å². The SMILES string of the molecule is CC(C)C[C@@H](C=O)NC(=O)[C@H](CC(C)C)NC(=O)[C@H](CC(C)C)NC(=O)Oc1ccccc1. The molecule has 0 aromatic heterocycles. The van der Waals surface area contributed by atoms with Crippen molar-refractivity contribution in [3.63, 3.8) is 0 Å². The second-order valence-electron chi connectivity index (χ2n) is 9.60. The summed E-state index contributed by atoms with van der Waals surface area (Å²) in [5, 5.41) is 8.11. The average Bonchev–Trinajstić information content (AvgIpc) is 2.71. The van der Waals surface area contributed by atoms with Gasteiger partial charge in [0.15, 0.2) is 0 Å². The van der Waals surface area contributed by atoms with Crippen molar-refractivity contribution in [2.75, 3.05) is 0 Å². The van der Waals surface area contributed by atoms with Crippen molar-refractivity contribution in [1.29, 1.82) is 0 Å². The normalized spacial score (nSPS) is 13.8. The van der Waals surface area contributed by atoms with Crippen molar-refractivity contribution in [2.24, 2.45) is 17.8 Å². The molecule has 0 aliphatic carbocycles. The van der Waals surface area contributed by atoms with E-state index in [4.69, 9.17) is 4.74 Å². The summed E-state index contributed by atoms with van der Waals surface area (Å²) in [5.41, 5.74) is 0. The molecule has 3 amide bonds. The Bertz CT molecular complexity index is 765. The number of nitrogens with one attached hydrogen (secondary N) is 3. The highest BCUT2D eigenvalue weighted by molar-refractivity contribution is 5.92. The molecule has 1 rings (SSSR count). The molecule has 1 aromatic rings. The molecule has 3 N–H and O–H groups in total. The Kier molecular flexibility index (Phi) is 12.2. The number of hydrogen-bond acceptors (Lipinski definition) is 5. The van der Waals surface area contributed by atoms with Gasteiger partial charge in [-0.2, -0.15) is 0 Å². The van der Waals surface area contributed by atoms with Gasteiger partial charge in [0.25, 0.3) is 0 Å². The Morgan fingerprint density at radius 2 is 1.24 bits per heavy atom. The van der Waals surface area contributed by atoms with Gasteiger partial charge in [0.2, 0.25) is 11.8 Å².